The van der Waals surface area contributed by atoms with Crippen molar-refractivity contribution in [2.45, 2.75) is 13.3 Å². The highest BCUT2D eigenvalue weighted by Gasteiger charge is 2.12. The maximum atomic E-state index is 5.54. The molecule has 4 heteroatoms. The van der Waals surface area contributed by atoms with Gasteiger partial charge >= 0.3 is 0 Å². The number of para-hydroxylation sites is 1. The summed E-state index contributed by atoms with van der Waals surface area (Å²) in [5.74, 6) is 0.942. The molecule has 3 rings (SSSR count). The van der Waals surface area contributed by atoms with Crippen LogP contribution < -0.4 is 5.73 Å². The number of aryl methyl sites for hydroxylation is 1. The Morgan fingerprint density at radius 3 is 2.89 bits per heavy atom. The summed E-state index contributed by atoms with van der Waals surface area (Å²) in [5.41, 5.74) is 10.1. The van der Waals surface area contributed by atoms with Crippen LogP contribution in [-0.2, 0) is 6.42 Å². The lowest BCUT2D eigenvalue weighted by Gasteiger charge is -1.97. The summed E-state index contributed by atoms with van der Waals surface area (Å²) in [4.78, 5) is 11.1. The Kier molecular flexibility index (Phi) is 2.64. The molecule has 0 radical (unpaired) electrons. The molecule has 4 N–H and O–H groups in total. The third kappa shape index (κ3) is 1.71. The van der Waals surface area contributed by atoms with Gasteiger partial charge in [0.15, 0.2) is 0 Å². The highest BCUT2D eigenvalue weighted by molar-refractivity contribution is 5.96. The van der Waals surface area contributed by atoms with Gasteiger partial charge in [0.05, 0.1) is 11.9 Å². The molecule has 2 heterocycles. The molecule has 0 unspecified atom stereocenters. The summed E-state index contributed by atoms with van der Waals surface area (Å²) in [5, 5.41) is 1.22. The van der Waals surface area contributed by atoms with Crippen molar-refractivity contribution in [3.05, 3.63) is 42.0 Å². The van der Waals surface area contributed by atoms with E-state index in [1.165, 1.54) is 10.9 Å². The van der Waals surface area contributed by atoms with Gasteiger partial charge < -0.3 is 15.7 Å². The van der Waals surface area contributed by atoms with Gasteiger partial charge in [-0.15, -0.1) is 0 Å². The van der Waals surface area contributed by atoms with Gasteiger partial charge in [0.25, 0.3) is 0 Å². The van der Waals surface area contributed by atoms with Crippen molar-refractivity contribution < 1.29 is 0 Å². The topological polar surface area (TPSA) is 70.5 Å². The lowest BCUT2D eigenvalue weighted by molar-refractivity contribution is 0.895. The maximum Gasteiger partial charge on any atom is 0.107 e. The number of aromatic nitrogens is 3. The van der Waals surface area contributed by atoms with Crippen LogP contribution in [0.2, 0.25) is 0 Å². The number of imidazole rings is 1. The minimum absolute atomic E-state index is 0.611. The van der Waals surface area contributed by atoms with Crippen LogP contribution in [0.1, 0.15) is 11.5 Å². The number of hydrogen-bond donors (Lipinski definition) is 3. The van der Waals surface area contributed by atoms with E-state index in [0.717, 1.165) is 29.1 Å². The van der Waals surface area contributed by atoms with Gasteiger partial charge in [0, 0.05) is 28.6 Å². The van der Waals surface area contributed by atoms with Crippen LogP contribution >= 0.6 is 0 Å². The van der Waals surface area contributed by atoms with Gasteiger partial charge in [-0.25, -0.2) is 4.98 Å². The van der Waals surface area contributed by atoms with Crippen molar-refractivity contribution in [1.82, 2.24) is 15.0 Å². The summed E-state index contributed by atoms with van der Waals surface area (Å²) < 4.78 is 0. The zero-order valence-electron chi connectivity index (χ0n) is 10.3. The summed E-state index contributed by atoms with van der Waals surface area (Å²) in [7, 11) is 0. The van der Waals surface area contributed by atoms with Gasteiger partial charge in [-0.2, -0.15) is 0 Å². The normalized spacial score (nSPS) is 11.2. The molecule has 92 valence electrons. The average Bonchev–Trinajstić information content (AvgIpc) is 2.92. The quantitative estimate of drug-likeness (QED) is 0.657. The summed E-state index contributed by atoms with van der Waals surface area (Å²) in [6.45, 7) is 2.69. The third-order valence-electron chi connectivity index (χ3n) is 3.17. The Balaban J connectivity index is 2.15. The number of hydrogen-bond acceptors (Lipinski definition) is 2. The summed E-state index contributed by atoms with van der Waals surface area (Å²) >= 11 is 0. The smallest absolute Gasteiger partial charge is 0.107 e. The van der Waals surface area contributed by atoms with Crippen LogP contribution in [0.5, 0.6) is 0 Å². The molecular formula is C14H16N4. The third-order valence-corrected chi connectivity index (χ3v) is 3.17. The van der Waals surface area contributed by atoms with Crippen LogP contribution in [0.25, 0.3) is 22.2 Å². The predicted molar refractivity (Wildman–Crippen MR) is 73.4 cm³/mol. The van der Waals surface area contributed by atoms with Crippen molar-refractivity contribution in [3.8, 4) is 11.3 Å². The highest BCUT2D eigenvalue weighted by Crippen LogP contribution is 2.30. The number of nitrogens with one attached hydrogen (secondary N) is 2. The minimum Gasteiger partial charge on any atom is -0.358 e. The molecule has 0 aliphatic carbocycles. The first-order valence-corrected chi connectivity index (χ1v) is 6.11. The second kappa shape index (κ2) is 4.31. The van der Waals surface area contributed by atoms with Crippen molar-refractivity contribution in [3.63, 3.8) is 0 Å². The minimum atomic E-state index is 0.611. The lowest BCUT2D eigenvalue weighted by Crippen LogP contribution is -2.03. The van der Waals surface area contributed by atoms with Gasteiger partial charge in [0.2, 0.25) is 0 Å². The van der Waals surface area contributed by atoms with E-state index in [-0.39, 0.29) is 0 Å². The molecule has 0 fully saturated rings. The Labute approximate surface area is 105 Å². The fourth-order valence-electron chi connectivity index (χ4n) is 2.38. The predicted octanol–water partition coefficient (Wildman–Crippen LogP) is 2.37. The zero-order chi connectivity index (χ0) is 12.5. The molecule has 0 aliphatic rings. The zero-order valence-corrected chi connectivity index (χ0v) is 10.3. The van der Waals surface area contributed by atoms with Crippen LogP contribution in [0.15, 0.2) is 30.5 Å². The molecule has 0 saturated carbocycles. The molecule has 0 spiro atoms. The molecule has 1 aromatic carbocycles. The fourth-order valence-corrected chi connectivity index (χ4v) is 2.38. The largest absolute Gasteiger partial charge is 0.358 e. The van der Waals surface area contributed by atoms with Crippen molar-refractivity contribution in [2.75, 3.05) is 6.54 Å². The molecule has 0 saturated heterocycles. The number of nitrogens with two attached hydrogens (primary N) is 1. The number of H-pyrrole nitrogens is 2. The Morgan fingerprint density at radius 2 is 2.06 bits per heavy atom. The molecule has 0 aliphatic heterocycles. The molecule has 18 heavy (non-hydrogen) atoms. The average molecular weight is 240 g/mol. The number of nitrogens with zero attached hydrogens (tertiary/aromatic N) is 1. The Bertz CT molecular complexity index is 678. The molecule has 0 amide bonds. The first-order chi connectivity index (χ1) is 8.79. The first kappa shape index (κ1) is 11.0. The molecule has 0 atom stereocenters. The molecule has 0 bridgehead atoms. The van der Waals surface area contributed by atoms with Crippen molar-refractivity contribution in [2.24, 2.45) is 5.73 Å². The van der Waals surface area contributed by atoms with E-state index in [1.807, 2.05) is 12.3 Å². The number of benzene rings is 1. The van der Waals surface area contributed by atoms with Crippen LogP contribution in [0, 0.1) is 6.92 Å². The van der Waals surface area contributed by atoms with E-state index in [9.17, 15) is 0 Å². The van der Waals surface area contributed by atoms with E-state index >= 15 is 0 Å². The van der Waals surface area contributed by atoms with E-state index in [2.05, 4.69) is 40.1 Å². The summed E-state index contributed by atoms with van der Waals surface area (Å²) in [6.07, 6.45) is 2.66. The van der Waals surface area contributed by atoms with Crippen LogP contribution in [0.3, 0.4) is 0 Å². The summed E-state index contributed by atoms with van der Waals surface area (Å²) in [6, 6.07) is 8.30. The van der Waals surface area contributed by atoms with E-state index < -0.39 is 0 Å². The molecule has 3 aromatic rings. The highest BCUT2D eigenvalue weighted by atomic mass is 14.9. The first-order valence-electron chi connectivity index (χ1n) is 6.11. The van der Waals surface area contributed by atoms with Crippen LogP contribution in [0.4, 0.5) is 0 Å². The SMILES string of the molecule is Cc1[nH]c2ccccc2c1-c1cnc(CCN)[nH]1. The van der Waals surface area contributed by atoms with Gasteiger partial charge in [-0.1, -0.05) is 18.2 Å². The monoisotopic (exact) mass is 240 g/mol. The second-order valence-corrected chi connectivity index (χ2v) is 4.45. The molecular weight excluding hydrogens is 224 g/mol. The van der Waals surface area contributed by atoms with E-state index in [1.54, 1.807) is 0 Å². The van der Waals surface area contributed by atoms with Gasteiger partial charge in [-0.3, -0.25) is 0 Å². The second-order valence-electron chi connectivity index (χ2n) is 4.45. The number of fused-ring (bicyclic) bond motifs is 1. The number of aromatic amines is 2. The van der Waals surface area contributed by atoms with Crippen molar-refractivity contribution >= 4 is 10.9 Å². The van der Waals surface area contributed by atoms with Crippen LogP contribution in [-0.4, -0.2) is 21.5 Å². The molecule has 4 nitrogen and oxygen atoms in total. The van der Waals surface area contributed by atoms with Gasteiger partial charge in [-0.05, 0) is 19.5 Å². The fraction of sp³-hybridized carbons (Fsp3) is 0.214. The lowest BCUT2D eigenvalue weighted by atomic mass is 10.1. The Hall–Kier alpha value is -2.07. The number of rotatable bonds is 3. The van der Waals surface area contributed by atoms with Gasteiger partial charge in [0.1, 0.15) is 5.82 Å². The standard InChI is InChI=1S/C14H16N4/c1-9-14(10-4-2-3-5-11(10)17-9)12-8-16-13(18-12)6-7-15/h2-5,8,17H,6-7,15H2,1H3,(H,16,18). The van der Waals surface area contributed by atoms with Crippen molar-refractivity contribution in [1.29, 1.82) is 0 Å². The van der Waals surface area contributed by atoms with E-state index in [0.29, 0.717) is 6.54 Å². The van der Waals surface area contributed by atoms with E-state index in [4.69, 9.17) is 5.73 Å². The maximum absolute atomic E-state index is 5.54. The molecule has 2 aromatic heterocycles. The Morgan fingerprint density at radius 1 is 1.22 bits per heavy atom.